The number of aromatic hydroxyl groups is 1. The molecule has 3 heteroatoms. The highest BCUT2D eigenvalue weighted by molar-refractivity contribution is 5.47. The molecule has 2 nitrogen and oxygen atoms in total. The van der Waals surface area contributed by atoms with Crippen LogP contribution in [-0.4, -0.2) is 5.11 Å². The fourth-order valence-corrected chi connectivity index (χ4v) is 2.19. The maximum Gasteiger partial charge on any atom is 0.166 e. The number of halogens is 1. The van der Waals surface area contributed by atoms with Crippen molar-refractivity contribution in [3.05, 3.63) is 59.4 Å². The van der Waals surface area contributed by atoms with Gasteiger partial charge in [0.05, 0.1) is 0 Å². The highest BCUT2D eigenvalue weighted by Gasteiger charge is 2.23. The summed E-state index contributed by atoms with van der Waals surface area (Å²) in [7, 11) is 0. The van der Waals surface area contributed by atoms with Gasteiger partial charge < -0.3 is 10.4 Å². The molecule has 2 N–H and O–H groups in total. The van der Waals surface area contributed by atoms with E-state index in [1.165, 1.54) is 36.1 Å². The Morgan fingerprint density at radius 2 is 2.00 bits per heavy atom. The maximum absolute atomic E-state index is 13.2. The minimum atomic E-state index is -0.600. The summed E-state index contributed by atoms with van der Waals surface area (Å²) in [6.45, 7) is 0.658. The van der Waals surface area contributed by atoms with Crippen LogP contribution in [0.4, 0.5) is 10.1 Å². The summed E-state index contributed by atoms with van der Waals surface area (Å²) < 4.78 is 13.2. The fourth-order valence-electron chi connectivity index (χ4n) is 2.19. The number of phenols is 1. The molecule has 0 saturated heterocycles. The number of benzene rings is 2. The second-order valence-electron chi connectivity index (χ2n) is 5.04. The quantitative estimate of drug-likeness (QED) is 0.811. The lowest BCUT2D eigenvalue weighted by Gasteiger charge is -2.08. The summed E-state index contributed by atoms with van der Waals surface area (Å²) in [5.41, 5.74) is 3.26. The third kappa shape index (κ3) is 2.87. The van der Waals surface area contributed by atoms with Crippen molar-refractivity contribution < 1.29 is 9.50 Å². The normalized spacial score (nSPS) is 14.4. The molecule has 2 aromatic carbocycles. The highest BCUT2D eigenvalue weighted by atomic mass is 19.1. The Bertz CT molecular complexity index is 593. The minimum absolute atomic E-state index is 0.318. The molecule has 19 heavy (non-hydrogen) atoms. The zero-order valence-electron chi connectivity index (χ0n) is 10.6. The second-order valence-corrected chi connectivity index (χ2v) is 5.04. The van der Waals surface area contributed by atoms with Crippen LogP contribution in [0.3, 0.4) is 0 Å². The molecule has 0 atom stereocenters. The Kier molecular flexibility index (Phi) is 3.11. The van der Waals surface area contributed by atoms with Gasteiger partial charge in [-0.1, -0.05) is 24.3 Å². The number of rotatable bonds is 4. The molecule has 1 aliphatic rings. The molecule has 0 unspecified atom stereocenters. The minimum Gasteiger partial charge on any atom is -0.505 e. The van der Waals surface area contributed by atoms with Crippen molar-refractivity contribution in [1.29, 1.82) is 0 Å². The van der Waals surface area contributed by atoms with E-state index in [0.29, 0.717) is 12.2 Å². The van der Waals surface area contributed by atoms with Crippen LogP contribution in [0.25, 0.3) is 0 Å². The van der Waals surface area contributed by atoms with Gasteiger partial charge in [-0.15, -0.1) is 0 Å². The molecular formula is C16H16FNO. The first-order chi connectivity index (χ1) is 9.22. The molecule has 0 spiro atoms. The number of hydrogen-bond donors (Lipinski definition) is 2. The van der Waals surface area contributed by atoms with Gasteiger partial charge in [0.25, 0.3) is 0 Å². The highest BCUT2D eigenvalue weighted by Crippen LogP contribution is 2.40. The van der Waals surface area contributed by atoms with Crippen LogP contribution in [0, 0.1) is 5.82 Å². The van der Waals surface area contributed by atoms with E-state index >= 15 is 0 Å². The Balaban J connectivity index is 1.68. The zero-order chi connectivity index (χ0) is 13.2. The van der Waals surface area contributed by atoms with Crippen molar-refractivity contribution in [2.24, 2.45) is 0 Å². The zero-order valence-corrected chi connectivity index (χ0v) is 10.6. The molecule has 98 valence electrons. The Hall–Kier alpha value is -2.03. The number of nitrogens with one attached hydrogen (secondary N) is 1. The molecule has 0 amide bonds. The molecule has 1 aliphatic carbocycles. The smallest absolute Gasteiger partial charge is 0.166 e. The standard InChI is InChI=1S/C16H16FNO/c17-15-9-14(6-7-16(15)19)18-10-11-2-1-3-13(8-11)12-4-5-12/h1-3,6-9,12,18-19H,4-5,10H2. The van der Waals surface area contributed by atoms with Crippen LogP contribution in [0.15, 0.2) is 42.5 Å². The lowest BCUT2D eigenvalue weighted by Crippen LogP contribution is -2.00. The summed E-state index contributed by atoms with van der Waals surface area (Å²) in [5.74, 6) is -0.177. The lowest BCUT2D eigenvalue weighted by molar-refractivity contribution is 0.432. The van der Waals surface area contributed by atoms with Crippen molar-refractivity contribution in [3.8, 4) is 5.75 Å². The first-order valence-electron chi connectivity index (χ1n) is 6.53. The number of anilines is 1. The van der Waals surface area contributed by atoms with Crippen LogP contribution in [-0.2, 0) is 6.54 Å². The van der Waals surface area contributed by atoms with Crippen LogP contribution >= 0.6 is 0 Å². The topological polar surface area (TPSA) is 32.3 Å². The van der Waals surface area contributed by atoms with Gasteiger partial charge in [0, 0.05) is 18.3 Å². The lowest BCUT2D eigenvalue weighted by atomic mass is 10.1. The van der Waals surface area contributed by atoms with Crippen LogP contribution in [0.1, 0.15) is 29.9 Å². The van der Waals surface area contributed by atoms with E-state index in [9.17, 15) is 4.39 Å². The van der Waals surface area contributed by atoms with E-state index < -0.39 is 5.82 Å². The van der Waals surface area contributed by atoms with Gasteiger partial charge >= 0.3 is 0 Å². The van der Waals surface area contributed by atoms with Gasteiger partial charge in [-0.2, -0.15) is 0 Å². The Labute approximate surface area is 111 Å². The molecule has 3 rings (SSSR count). The first-order valence-corrected chi connectivity index (χ1v) is 6.53. The molecular weight excluding hydrogens is 241 g/mol. The average molecular weight is 257 g/mol. The van der Waals surface area contributed by atoms with Crippen molar-refractivity contribution in [1.82, 2.24) is 0 Å². The third-order valence-electron chi connectivity index (χ3n) is 3.44. The SMILES string of the molecule is Oc1ccc(NCc2cccc(C3CC3)c2)cc1F. The van der Waals surface area contributed by atoms with Crippen molar-refractivity contribution in [2.45, 2.75) is 25.3 Å². The van der Waals surface area contributed by atoms with Gasteiger partial charge in [0.15, 0.2) is 11.6 Å². The first kappa shape index (κ1) is 12.0. The summed E-state index contributed by atoms with van der Waals surface area (Å²) in [5, 5.41) is 12.3. The van der Waals surface area contributed by atoms with Gasteiger partial charge in [-0.05, 0) is 42.0 Å². The molecule has 0 aliphatic heterocycles. The average Bonchev–Trinajstić information content (AvgIpc) is 3.25. The Morgan fingerprint density at radius 1 is 1.16 bits per heavy atom. The summed E-state index contributed by atoms with van der Waals surface area (Å²) >= 11 is 0. The van der Waals surface area contributed by atoms with E-state index in [4.69, 9.17) is 5.11 Å². The summed E-state index contributed by atoms with van der Waals surface area (Å²) in [6.07, 6.45) is 2.58. The van der Waals surface area contributed by atoms with E-state index in [1.807, 2.05) is 0 Å². The summed E-state index contributed by atoms with van der Waals surface area (Å²) in [4.78, 5) is 0. The number of hydrogen-bond acceptors (Lipinski definition) is 2. The van der Waals surface area contributed by atoms with Gasteiger partial charge in [-0.3, -0.25) is 0 Å². The van der Waals surface area contributed by atoms with Crippen molar-refractivity contribution in [2.75, 3.05) is 5.32 Å². The monoisotopic (exact) mass is 257 g/mol. The largest absolute Gasteiger partial charge is 0.505 e. The molecule has 0 heterocycles. The molecule has 1 saturated carbocycles. The van der Waals surface area contributed by atoms with Crippen molar-refractivity contribution >= 4 is 5.69 Å². The molecule has 2 aromatic rings. The van der Waals surface area contributed by atoms with Gasteiger partial charge in [0.1, 0.15) is 0 Å². The van der Waals surface area contributed by atoms with E-state index in [2.05, 4.69) is 29.6 Å². The molecule has 0 radical (unpaired) electrons. The van der Waals surface area contributed by atoms with Crippen LogP contribution in [0.2, 0.25) is 0 Å². The second kappa shape index (κ2) is 4.92. The summed E-state index contributed by atoms with van der Waals surface area (Å²) in [6, 6.07) is 12.8. The third-order valence-corrected chi connectivity index (χ3v) is 3.44. The number of phenolic OH excluding ortho intramolecular Hbond substituents is 1. The maximum atomic E-state index is 13.2. The molecule has 1 fully saturated rings. The molecule has 0 aromatic heterocycles. The predicted molar refractivity (Wildman–Crippen MR) is 73.8 cm³/mol. The van der Waals surface area contributed by atoms with E-state index in [1.54, 1.807) is 6.07 Å². The molecule has 0 bridgehead atoms. The van der Waals surface area contributed by atoms with Gasteiger partial charge in [0.2, 0.25) is 0 Å². The van der Waals surface area contributed by atoms with Gasteiger partial charge in [-0.25, -0.2) is 4.39 Å². The van der Waals surface area contributed by atoms with Crippen LogP contribution in [0.5, 0.6) is 5.75 Å². The predicted octanol–water partition coefficient (Wildman–Crippen LogP) is 4.02. The Morgan fingerprint density at radius 3 is 2.74 bits per heavy atom. The van der Waals surface area contributed by atoms with Crippen LogP contribution < -0.4 is 5.32 Å². The van der Waals surface area contributed by atoms with Crippen molar-refractivity contribution in [3.63, 3.8) is 0 Å². The fraction of sp³-hybridized carbons (Fsp3) is 0.250. The van der Waals surface area contributed by atoms with E-state index in [0.717, 1.165) is 5.92 Å². The van der Waals surface area contributed by atoms with E-state index in [-0.39, 0.29) is 5.75 Å².